The van der Waals surface area contributed by atoms with Crippen molar-refractivity contribution >= 4 is 41.7 Å². The fourth-order valence-electron chi connectivity index (χ4n) is 7.64. The van der Waals surface area contributed by atoms with Gasteiger partial charge in [0.05, 0.1) is 19.5 Å². The van der Waals surface area contributed by atoms with Crippen molar-refractivity contribution in [1.82, 2.24) is 10.2 Å². The summed E-state index contributed by atoms with van der Waals surface area (Å²) in [6.45, 7) is 2.51. The summed E-state index contributed by atoms with van der Waals surface area (Å²) in [6.07, 6.45) is 38.3. The Kier molecular flexibility index (Phi) is 43.5. The molecule has 0 aromatic heterocycles. The number of hydrogen-bond acceptors (Lipinski definition) is 11. The third-order valence-corrected chi connectivity index (χ3v) is 11.6. The highest BCUT2D eigenvalue weighted by Crippen LogP contribution is 2.14. The molecule has 0 aliphatic heterocycles. The second-order valence-electron chi connectivity index (χ2n) is 18.0. The van der Waals surface area contributed by atoms with Crippen LogP contribution in [0.1, 0.15) is 226 Å². The first-order chi connectivity index (χ1) is 32.9. The third-order valence-electron chi connectivity index (χ3n) is 11.6. The van der Waals surface area contributed by atoms with E-state index in [1.807, 2.05) is 0 Å². The van der Waals surface area contributed by atoms with Gasteiger partial charge in [-0.25, -0.2) is 0 Å². The van der Waals surface area contributed by atoms with E-state index in [0.717, 1.165) is 81.9 Å². The van der Waals surface area contributed by atoms with Crippen LogP contribution in [0.15, 0.2) is 24.3 Å². The lowest BCUT2D eigenvalue weighted by Crippen LogP contribution is -2.46. The summed E-state index contributed by atoms with van der Waals surface area (Å²) in [7, 11) is 0. The number of carbonyl (C=O) groups excluding carboxylic acids is 4. The van der Waals surface area contributed by atoms with E-state index < -0.39 is 67.0 Å². The van der Waals surface area contributed by atoms with E-state index in [-0.39, 0.29) is 58.3 Å². The molecule has 2 unspecified atom stereocenters. The molecule has 392 valence electrons. The van der Waals surface area contributed by atoms with Crippen molar-refractivity contribution in [2.75, 3.05) is 32.8 Å². The van der Waals surface area contributed by atoms with Gasteiger partial charge >= 0.3 is 35.8 Å². The largest absolute Gasteiger partial charge is 0.480 e. The number of esters is 3. The maximum atomic E-state index is 12.8. The molecule has 0 fully saturated rings. The molecule has 2 atom stereocenters. The van der Waals surface area contributed by atoms with Crippen LogP contribution in [0.4, 0.5) is 0 Å². The highest BCUT2D eigenvalue weighted by Gasteiger charge is 2.28. The molecule has 0 aromatic carbocycles. The number of nitrogens with one attached hydrogen (secondary N) is 1. The highest BCUT2D eigenvalue weighted by atomic mass is 16.6. The second-order valence-corrected chi connectivity index (χ2v) is 18.0. The summed E-state index contributed by atoms with van der Waals surface area (Å²) in [5.41, 5.74) is 0. The van der Waals surface area contributed by atoms with Gasteiger partial charge in [0.2, 0.25) is 5.91 Å². The van der Waals surface area contributed by atoms with Crippen LogP contribution in [0.2, 0.25) is 0 Å². The van der Waals surface area contributed by atoms with Crippen molar-refractivity contribution in [3.8, 4) is 0 Å². The first kappa shape index (κ1) is 63.7. The Morgan fingerprint density at radius 2 is 0.868 bits per heavy atom. The SMILES string of the molecule is CCCCCCCCC=CCCCCCCCC(=O)OCC(COC(=O)CCC(=O)NCCCCC(C(=O)O)N(CC(=O)O)CC(=O)O)OC(=O)CCCCCCCC=CCCCCCCCC. The van der Waals surface area contributed by atoms with Crippen LogP contribution in [0.25, 0.3) is 0 Å². The quantitative estimate of drug-likeness (QED) is 0.0193. The Morgan fingerprint density at radius 1 is 0.471 bits per heavy atom. The molecule has 0 rings (SSSR count). The predicted molar refractivity (Wildman–Crippen MR) is 265 cm³/mol. The number of carboxylic acids is 3. The fraction of sp³-hybridized carbons (Fsp3) is 0.792. The number of rotatable bonds is 49. The van der Waals surface area contributed by atoms with Crippen LogP contribution in [0.3, 0.4) is 0 Å². The molecule has 0 spiro atoms. The van der Waals surface area contributed by atoms with Gasteiger partial charge in [-0.1, -0.05) is 141 Å². The number of ether oxygens (including phenoxy) is 3. The summed E-state index contributed by atoms with van der Waals surface area (Å²) >= 11 is 0. The van der Waals surface area contributed by atoms with Crippen LogP contribution in [-0.4, -0.2) is 107 Å². The molecule has 4 N–H and O–H groups in total. The zero-order valence-corrected chi connectivity index (χ0v) is 42.2. The highest BCUT2D eigenvalue weighted by molar-refractivity contribution is 5.81. The number of aliphatic carboxylic acids is 3. The molecular formula is C53H92N2O13. The van der Waals surface area contributed by atoms with E-state index in [9.17, 15) is 38.7 Å². The number of carboxylic acid groups (broad SMARTS) is 3. The Balaban J connectivity index is 4.74. The maximum absolute atomic E-state index is 12.8. The standard InChI is InChI=1S/C53H92N2O13/c1-3-5-7-9-11-13-15-17-19-21-23-25-27-29-31-36-50(61)66-43-45(68-52(63)37-32-30-28-26-24-22-20-18-16-14-12-10-8-6-4-2)44-67-51(62)39-38-47(56)54-40-34-33-35-46(53(64)65)55(41-48(57)58)42-49(59)60/h17-20,45-46H,3-16,21-44H2,1-2H3,(H,54,56)(H,57,58)(H,59,60)(H,64,65). The molecule has 0 saturated carbocycles. The lowest BCUT2D eigenvalue weighted by molar-refractivity contribution is -0.167. The molecular weight excluding hydrogens is 873 g/mol. The topological polar surface area (TPSA) is 223 Å². The molecule has 1 amide bonds. The van der Waals surface area contributed by atoms with Gasteiger partial charge in [0, 0.05) is 25.8 Å². The van der Waals surface area contributed by atoms with Gasteiger partial charge in [-0.05, 0) is 83.5 Å². The smallest absolute Gasteiger partial charge is 0.320 e. The van der Waals surface area contributed by atoms with Gasteiger partial charge in [0.25, 0.3) is 0 Å². The summed E-state index contributed by atoms with van der Waals surface area (Å²) in [5.74, 6) is -6.11. The van der Waals surface area contributed by atoms with Crippen LogP contribution in [-0.2, 0) is 47.8 Å². The number of amides is 1. The van der Waals surface area contributed by atoms with Gasteiger partial charge < -0.3 is 34.8 Å². The fourth-order valence-corrected chi connectivity index (χ4v) is 7.64. The van der Waals surface area contributed by atoms with Crippen LogP contribution >= 0.6 is 0 Å². The molecule has 0 aliphatic rings. The Labute approximate surface area is 409 Å². The number of nitrogens with zero attached hydrogens (tertiary/aromatic N) is 1. The van der Waals surface area contributed by atoms with E-state index in [4.69, 9.17) is 24.4 Å². The minimum Gasteiger partial charge on any atom is -0.480 e. The molecule has 0 radical (unpaired) electrons. The minimum absolute atomic E-state index is 0.0334. The third kappa shape index (κ3) is 43.0. The summed E-state index contributed by atoms with van der Waals surface area (Å²) in [4.78, 5) is 85.3. The van der Waals surface area contributed by atoms with E-state index in [1.54, 1.807) is 0 Å². The molecule has 0 heterocycles. The van der Waals surface area contributed by atoms with Gasteiger partial charge in [-0.15, -0.1) is 0 Å². The first-order valence-corrected chi connectivity index (χ1v) is 26.4. The van der Waals surface area contributed by atoms with Gasteiger partial charge in [0.15, 0.2) is 6.10 Å². The molecule has 0 saturated heterocycles. The normalized spacial score (nSPS) is 12.3. The van der Waals surface area contributed by atoms with Crippen molar-refractivity contribution in [3.05, 3.63) is 24.3 Å². The van der Waals surface area contributed by atoms with E-state index in [0.29, 0.717) is 19.3 Å². The van der Waals surface area contributed by atoms with Crippen molar-refractivity contribution in [2.24, 2.45) is 0 Å². The minimum atomic E-state index is -1.35. The van der Waals surface area contributed by atoms with Gasteiger partial charge in [-0.2, -0.15) is 0 Å². The lowest BCUT2D eigenvalue weighted by atomic mass is 10.1. The van der Waals surface area contributed by atoms with E-state index in [1.165, 1.54) is 77.0 Å². The molecule has 0 aliphatic carbocycles. The van der Waals surface area contributed by atoms with Crippen LogP contribution in [0.5, 0.6) is 0 Å². The molecule has 15 heteroatoms. The number of allylic oxidation sites excluding steroid dienone is 4. The Bertz CT molecular complexity index is 1390. The molecule has 0 bridgehead atoms. The second kappa shape index (κ2) is 46.5. The lowest BCUT2D eigenvalue weighted by Gasteiger charge is -2.25. The Morgan fingerprint density at radius 3 is 1.29 bits per heavy atom. The first-order valence-electron chi connectivity index (χ1n) is 26.4. The predicted octanol–water partition coefficient (Wildman–Crippen LogP) is 11.1. The van der Waals surface area contributed by atoms with E-state index in [2.05, 4.69) is 43.5 Å². The van der Waals surface area contributed by atoms with Crippen molar-refractivity contribution in [1.29, 1.82) is 0 Å². The zero-order valence-electron chi connectivity index (χ0n) is 42.2. The Hall–Kier alpha value is -4.27. The van der Waals surface area contributed by atoms with E-state index >= 15 is 0 Å². The van der Waals surface area contributed by atoms with Crippen molar-refractivity contribution in [3.63, 3.8) is 0 Å². The van der Waals surface area contributed by atoms with Crippen molar-refractivity contribution < 1.29 is 63.1 Å². The average Bonchev–Trinajstić information content (AvgIpc) is 3.29. The number of hydrogen-bond donors (Lipinski definition) is 4. The van der Waals surface area contributed by atoms with Crippen molar-refractivity contribution in [2.45, 2.75) is 238 Å². The van der Waals surface area contributed by atoms with Gasteiger partial charge in [0.1, 0.15) is 19.3 Å². The number of unbranched alkanes of at least 4 members (excludes halogenated alkanes) is 23. The summed E-state index contributed by atoms with van der Waals surface area (Å²) in [5, 5.41) is 30.3. The zero-order chi connectivity index (χ0) is 50.3. The van der Waals surface area contributed by atoms with Gasteiger partial charge in [-0.3, -0.25) is 38.5 Å². The number of carbonyl (C=O) groups is 7. The van der Waals surface area contributed by atoms with Crippen LogP contribution < -0.4 is 5.32 Å². The van der Waals surface area contributed by atoms with Crippen LogP contribution in [0, 0.1) is 0 Å². The summed E-state index contributed by atoms with van der Waals surface area (Å²) < 4.78 is 16.4. The molecule has 68 heavy (non-hydrogen) atoms. The average molecular weight is 965 g/mol. The molecule has 0 aromatic rings. The summed E-state index contributed by atoms with van der Waals surface area (Å²) in [6, 6.07) is -1.33. The maximum Gasteiger partial charge on any atom is 0.320 e. The molecule has 15 nitrogen and oxygen atoms in total. The monoisotopic (exact) mass is 965 g/mol.